The fraction of sp³-hybridized carbons (Fsp3) is 0.536. The summed E-state index contributed by atoms with van der Waals surface area (Å²) >= 11 is 0. The highest BCUT2D eigenvalue weighted by molar-refractivity contribution is 5.79. The Labute approximate surface area is 222 Å². The third-order valence-electron chi connectivity index (χ3n) is 7.16. The molecule has 0 aliphatic carbocycles. The number of aromatic nitrogens is 3. The van der Waals surface area contributed by atoms with Crippen molar-refractivity contribution in [1.29, 1.82) is 0 Å². The van der Waals surface area contributed by atoms with Crippen molar-refractivity contribution in [3.8, 4) is 0 Å². The molecule has 1 fully saturated rings. The third kappa shape index (κ3) is 5.48. The van der Waals surface area contributed by atoms with Gasteiger partial charge >= 0.3 is 6.09 Å². The highest BCUT2D eigenvalue weighted by Gasteiger charge is 2.39. The number of fused-ring (bicyclic) bond motifs is 3. The van der Waals surface area contributed by atoms with Crippen LogP contribution in [0.1, 0.15) is 50.3 Å². The van der Waals surface area contributed by atoms with E-state index in [0.717, 1.165) is 27.2 Å². The lowest BCUT2D eigenvalue weighted by Crippen LogP contribution is -2.47. The molecule has 0 spiro atoms. The molecule has 2 aromatic heterocycles. The Morgan fingerprint density at radius 1 is 1.16 bits per heavy atom. The lowest BCUT2D eigenvalue weighted by atomic mass is 9.91. The molecule has 1 aromatic carbocycles. The number of hydrogen-bond donors (Lipinski definition) is 0. The van der Waals surface area contributed by atoms with Gasteiger partial charge in [0.1, 0.15) is 25.6 Å². The van der Waals surface area contributed by atoms with Crippen molar-refractivity contribution in [3.05, 3.63) is 64.4 Å². The van der Waals surface area contributed by atoms with Gasteiger partial charge in [-0.3, -0.25) is 4.90 Å². The standard InChI is InChI=1S/C28H36N4O6/c1-5-35-16-24-29-22-13-32(34)23-14-30(26(33)36-15-20-9-7-6-8-10-20)12-11-21(23)25(22)31(24)17-28(4)18-37-27(2,3)38-19-28/h6-10,13H,5,11-12,14-19H2,1-4H3. The lowest BCUT2D eigenvalue weighted by Gasteiger charge is -2.41. The first-order chi connectivity index (χ1) is 18.2. The van der Waals surface area contributed by atoms with E-state index in [-0.39, 0.29) is 18.6 Å². The summed E-state index contributed by atoms with van der Waals surface area (Å²) in [5.41, 5.74) is 3.59. The minimum absolute atomic E-state index is 0.173. The molecule has 1 saturated heterocycles. The van der Waals surface area contributed by atoms with Crippen LogP contribution >= 0.6 is 0 Å². The highest BCUT2D eigenvalue weighted by Crippen LogP contribution is 2.34. The zero-order valence-electron chi connectivity index (χ0n) is 22.6. The van der Waals surface area contributed by atoms with E-state index in [2.05, 4.69) is 11.5 Å². The second-order valence-electron chi connectivity index (χ2n) is 10.9. The van der Waals surface area contributed by atoms with Gasteiger partial charge in [0, 0.05) is 25.1 Å². The maximum absolute atomic E-state index is 13.1. The molecule has 10 heteroatoms. The quantitative estimate of drug-likeness (QED) is 0.343. The van der Waals surface area contributed by atoms with E-state index in [1.54, 1.807) is 4.90 Å². The Hall–Kier alpha value is -3.21. The fourth-order valence-corrected chi connectivity index (χ4v) is 5.01. The molecule has 5 rings (SSSR count). The Bertz CT molecular complexity index is 1300. The Morgan fingerprint density at radius 2 is 1.89 bits per heavy atom. The van der Waals surface area contributed by atoms with Crippen LogP contribution in [0.2, 0.25) is 0 Å². The van der Waals surface area contributed by atoms with Gasteiger partial charge in [0.25, 0.3) is 0 Å². The predicted octanol–water partition coefficient (Wildman–Crippen LogP) is 3.69. The van der Waals surface area contributed by atoms with Gasteiger partial charge in [0.2, 0.25) is 11.9 Å². The average Bonchev–Trinajstić information content (AvgIpc) is 3.24. The number of rotatable bonds is 7. The molecular formula is C28H36N4O6. The Balaban J connectivity index is 1.43. The monoisotopic (exact) mass is 524 g/mol. The van der Waals surface area contributed by atoms with Crippen LogP contribution < -0.4 is 4.73 Å². The Morgan fingerprint density at radius 3 is 2.61 bits per heavy atom. The van der Waals surface area contributed by atoms with Crippen molar-refractivity contribution < 1.29 is 28.5 Å². The van der Waals surface area contributed by atoms with Crippen LogP contribution in [0, 0.1) is 10.6 Å². The molecule has 0 saturated carbocycles. The van der Waals surface area contributed by atoms with Gasteiger partial charge in [-0.15, -0.1) is 0 Å². The number of carbonyl (C=O) groups excluding carboxylic acids is 1. The van der Waals surface area contributed by atoms with Crippen LogP contribution in [-0.2, 0) is 51.7 Å². The van der Waals surface area contributed by atoms with Gasteiger partial charge in [-0.2, -0.15) is 4.73 Å². The van der Waals surface area contributed by atoms with Crippen molar-refractivity contribution in [2.75, 3.05) is 26.4 Å². The molecule has 0 atom stereocenters. The summed E-state index contributed by atoms with van der Waals surface area (Å²) in [7, 11) is 0. The maximum atomic E-state index is 13.1. The van der Waals surface area contributed by atoms with E-state index >= 15 is 0 Å². The molecule has 1 amide bonds. The summed E-state index contributed by atoms with van der Waals surface area (Å²) in [6.07, 6.45) is 1.58. The van der Waals surface area contributed by atoms with E-state index in [0.29, 0.717) is 57.1 Å². The molecule has 0 N–H and O–H groups in total. The molecule has 2 aliphatic heterocycles. The first-order valence-corrected chi connectivity index (χ1v) is 13.1. The zero-order chi connectivity index (χ0) is 26.9. The second-order valence-corrected chi connectivity index (χ2v) is 10.9. The van der Waals surface area contributed by atoms with Crippen LogP contribution in [0.3, 0.4) is 0 Å². The van der Waals surface area contributed by atoms with Crippen LogP contribution in [-0.4, -0.2) is 52.7 Å². The van der Waals surface area contributed by atoms with Crippen molar-refractivity contribution in [1.82, 2.24) is 14.5 Å². The van der Waals surface area contributed by atoms with E-state index in [1.165, 1.54) is 6.20 Å². The fourth-order valence-electron chi connectivity index (χ4n) is 5.01. The normalized spacial score (nSPS) is 18.4. The third-order valence-corrected chi connectivity index (χ3v) is 7.16. The number of hydrogen-bond acceptors (Lipinski definition) is 7. The second kappa shape index (κ2) is 10.5. The van der Waals surface area contributed by atoms with Gasteiger partial charge in [-0.05, 0) is 32.8 Å². The number of amides is 1. The van der Waals surface area contributed by atoms with Gasteiger partial charge in [0.15, 0.2) is 11.3 Å². The zero-order valence-corrected chi connectivity index (χ0v) is 22.6. The van der Waals surface area contributed by atoms with Crippen LogP contribution in [0.4, 0.5) is 4.79 Å². The maximum Gasteiger partial charge on any atom is 0.410 e. The predicted molar refractivity (Wildman–Crippen MR) is 139 cm³/mol. The minimum atomic E-state index is -0.615. The Kier molecular flexibility index (Phi) is 7.30. The van der Waals surface area contributed by atoms with Gasteiger partial charge in [-0.25, -0.2) is 9.78 Å². The molecule has 0 bridgehead atoms. The molecule has 204 valence electrons. The molecule has 38 heavy (non-hydrogen) atoms. The summed E-state index contributed by atoms with van der Waals surface area (Å²) in [5, 5.41) is 13.1. The molecule has 3 aromatic rings. The molecule has 0 unspecified atom stereocenters. The van der Waals surface area contributed by atoms with Crippen LogP contribution in [0.15, 0.2) is 36.5 Å². The van der Waals surface area contributed by atoms with Crippen molar-refractivity contribution in [2.24, 2.45) is 5.41 Å². The lowest BCUT2D eigenvalue weighted by molar-refractivity contribution is -0.614. The van der Waals surface area contributed by atoms with Crippen molar-refractivity contribution in [2.45, 2.75) is 66.2 Å². The summed E-state index contributed by atoms with van der Waals surface area (Å²) < 4.78 is 26.2. The van der Waals surface area contributed by atoms with Crippen LogP contribution in [0.25, 0.3) is 11.0 Å². The summed E-state index contributed by atoms with van der Waals surface area (Å²) in [4.78, 5) is 19.2. The van der Waals surface area contributed by atoms with E-state index in [4.69, 9.17) is 23.9 Å². The minimum Gasteiger partial charge on any atom is -0.618 e. The van der Waals surface area contributed by atoms with Crippen molar-refractivity contribution in [3.63, 3.8) is 0 Å². The molecular weight excluding hydrogens is 488 g/mol. The molecule has 2 aliphatic rings. The van der Waals surface area contributed by atoms with Crippen LogP contribution in [0.5, 0.6) is 0 Å². The van der Waals surface area contributed by atoms with Gasteiger partial charge in [-0.1, -0.05) is 37.3 Å². The van der Waals surface area contributed by atoms with E-state index < -0.39 is 11.9 Å². The largest absolute Gasteiger partial charge is 0.618 e. The number of benzene rings is 1. The summed E-state index contributed by atoms with van der Waals surface area (Å²) in [6, 6.07) is 9.54. The van der Waals surface area contributed by atoms with Gasteiger partial charge in [0.05, 0.1) is 24.3 Å². The topological polar surface area (TPSA) is 102 Å². The summed E-state index contributed by atoms with van der Waals surface area (Å²) in [5.74, 6) is 0.141. The first kappa shape index (κ1) is 26.4. The highest BCUT2D eigenvalue weighted by atomic mass is 16.7. The SMILES string of the molecule is CCOCc1nc2c[n+]([O-])c3c(c2n1CC1(C)COC(C)(C)OC1)CCN(C(=O)OCc1ccccc1)C3. The van der Waals surface area contributed by atoms with E-state index in [9.17, 15) is 10.0 Å². The molecule has 10 nitrogen and oxygen atoms in total. The van der Waals surface area contributed by atoms with Crippen molar-refractivity contribution >= 4 is 17.1 Å². The van der Waals surface area contributed by atoms with E-state index in [1.807, 2.05) is 51.1 Å². The first-order valence-electron chi connectivity index (χ1n) is 13.1. The van der Waals surface area contributed by atoms with Gasteiger partial charge < -0.3 is 28.7 Å². The number of imidazole rings is 1. The smallest absolute Gasteiger partial charge is 0.410 e. The summed E-state index contributed by atoms with van der Waals surface area (Å²) in [6.45, 7) is 11.3. The average molecular weight is 525 g/mol. The number of carbonyl (C=O) groups is 1. The number of nitrogens with zero attached hydrogens (tertiary/aromatic N) is 4. The molecule has 0 radical (unpaired) electrons. The number of pyridine rings is 1. The number of ether oxygens (including phenoxy) is 4. The molecule has 4 heterocycles.